The molecule has 0 spiro atoms. The van der Waals surface area contributed by atoms with Gasteiger partial charge in [-0.25, -0.2) is 4.79 Å². The Morgan fingerprint density at radius 1 is 1.17 bits per heavy atom. The van der Waals surface area contributed by atoms with Gasteiger partial charge >= 0.3 is 6.03 Å². The van der Waals surface area contributed by atoms with Gasteiger partial charge in [0.25, 0.3) is 5.91 Å². The fourth-order valence-electron chi connectivity index (χ4n) is 2.97. The maximum atomic E-state index is 12.8. The highest BCUT2D eigenvalue weighted by Crippen LogP contribution is 2.33. The minimum Gasteiger partial charge on any atom is -0.352 e. The van der Waals surface area contributed by atoms with Crippen LogP contribution in [-0.2, 0) is 13.0 Å². The molecule has 0 radical (unpaired) electrons. The number of nitrogens with one attached hydrogen (secondary N) is 1. The van der Waals surface area contributed by atoms with Crippen LogP contribution in [0, 0.1) is 0 Å². The molecule has 2 aromatic carbocycles. The van der Waals surface area contributed by atoms with E-state index < -0.39 is 6.03 Å². The molecule has 3 rings (SSSR count). The first-order chi connectivity index (χ1) is 11.1. The molecular formula is C18H19N3O2. The number of carbonyl (C=O) groups excluding carboxylic acids is 2. The molecule has 0 saturated heterocycles. The van der Waals surface area contributed by atoms with Gasteiger partial charge in [0.15, 0.2) is 0 Å². The molecule has 0 fully saturated rings. The van der Waals surface area contributed by atoms with E-state index >= 15 is 0 Å². The standard InChI is InChI=1S/C18H19N3O2/c1-12-10-15-4-2-3-5-16(15)21(12)17(22)14-8-6-13(7-9-14)11-20-18(19)23/h2-9,12H,10-11H2,1H3,(H3,19,20,23)/t12-/m1/s1. The zero-order chi connectivity index (χ0) is 16.4. The van der Waals surface area contributed by atoms with E-state index in [1.54, 1.807) is 12.1 Å². The number of primary amides is 1. The Kier molecular flexibility index (Phi) is 4.02. The van der Waals surface area contributed by atoms with Gasteiger partial charge in [-0.15, -0.1) is 0 Å². The van der Waals surface area contributed by atoms with Gasteiger partial charge in [-0.3, -0.25) is 4.79 Å². The van der Waals surface area contributed by atoms with Gasteiger partial charge in [-0.2, -0.15) is 0 Å². The summed E-state index contributed by atoms with van der Waals surface area (Å²) in [5.74, 6) is -0.00291. The first-order valence-electron chi connectivity index (χ1n) is 7.60. The van der Waals surface area contributed by atoms with E-state index in [9.17, 15) is 9.59 Å². The number of fused-ring (bicyclic) bond motifs is 1. The summed E-state index contributed by atoms with van der Waals surface area (Å²) in [5, 5.41) is 2.53. The van der Waals surface area contributed by atoms with Gasteiger partial charge < -0.3 is 16.0 Å². The van der Waals surface area contributed by atoms with Crippen molar-refractivity contribution < 1.29 is 9.59 Å². The Labute approximate surface area is 135 Å². The summed E-state index contributed by atoms with van der Waals surface area (Å²) in [7, 11) is 0. The highest BCUT2D eigenvalue weighted by Gasteiger charge is 2.30. The lowest BCUT2D eigenvalue weighted by molar-refractivity contribution is 0.0981. The van der Waals surface area contributed by atoms with Crippen LogP contribution < -0.4 is 16.0 Å². The second-order valence-electron chi connectivity index (χ2n) is 5.77. The molecule has 0 unspecified atom stereocenters. The van der Waals surface area contributed by atoms with Crippen LogP contribution in [0.5, 0.6) is 0 Å². The molecule has 0 aliphatic carbocycles. The van der Waals surface area contributed by atoms with E-state index in [4.69, 9.17) is 5.73 Å². The van der Waals surface area contributed by atoms with Crippen molar-refractivity contribution in [2.24, 2.45) is 5.73 Å². The lowest BCUT2D eigenvalue weighted by Crippen LogP contribution is -2.35. The summed E-state index contributed by atoms with van der Waals surface area (Å²) in [6.07, 6.45) is 0.878. The first-order valence-corrected chi connectivity index (χ1v) is 7.60. The molecule has 0 aromatic heterocycles. The lowest BCUT2D eigenvalue weighted by Gasteiger charge is -2.23. The van der Waals surface area contributed by atoms with Crippen molar-refractivity contribution in [3.05, 3.63) is 65.2 Å². The molecule has 5 nitrogen and oxygen atoms in total. The third kappa shape index (κ3) is 3.04. The smallest absolute Gasteiger partial charge is 0.312 e. The van der Waals surface area contributed by atoms with Crippen LogP contribution in [0.15, 0.2) is 48.5 Å². The van der Waals surface area contributed by atoms with E-state index in [1.807, 2.05) is 35.2 Å². The summed E-state index contributed by atoms with van der Waals surface area (Å²) >= 11 is 0. The highest BCUT2D eigenvalue weighted by atomic mass is 16.2. The van der Waals surface area contributed by atoms with Crippen LogP contribution in [-0.4, -0.2) is 18.0 Å². The van der Waals surface area contributed by atoms with Crippen LogP contribution in [0.1, 0.15) is 28.4 Å². The molecular weight excluding hydrogens is 290 g/mol. The van der Waals surface area contributed by atoms with Gasteiger partial charge in [0.1, 0.15) is 0 Å². The molecule has 1 heterocycles. The van der Waals surface area contributed by atoms with Crippen molar-refractivity contribution in [2.45, 2.75) is 25.9 Å². The second-order valence-corrected chi connectivity index (χ2v) is 5.77. The van der Waals surface area contributed by atoms with Gasteiger partial charge in [-0.05, 0) is 42.7 Å². The monoisotopic (exact) mass is 309 g/mol. The second kappa shape index (κ2) is 6.12. The van der Waals surface area contributed by atoms with Crippen LogP contribution in [0.4, 0.5) is 10.5 Å². The zero-order valence-electron chi connectivity index (χ0n) is 13.0. The molecule has 2 aromatic rings. The van der Waals surface area contributed by atoms with E-state index in [0.29, 0.717) is 12.1 Å². The van der Waals surface area contributed by atoms with Crippen molar-refractivity contribution in [1.29, 1.82) is 0 Å². The Bertz CT molecular complexity index is 740. The van der Waals surface area contributed by atoms with E-state index in [1.165, 1.54) is 5.56 Å². The average Bonchev–Trinajstić information content (AvgIpc) is 2.88. The molecule has 1 aliphatic heterocycles. The number of carbonyl (C=O) groups is 2. The first kappa shape index (κ1) is 15.1. The van der Waals surface area contributed by atoms with Gasteiger partial charge in [0.05, 0.1) is 0 Å². The fourth-order valence-corrected chi connectivity index (χ4v) is 2.97. The fraction of sp³-hybridized carbons (Fsp3) is 0.222. The van der Waals surface area contributed by atoms with Crippen molar-refractivity contribution >= 4 is 17.6 Å². The molecule has 23 heavy (non-hydrogen) atoms. The predicted octanol–water partition coefficient (Wildman–Crippen LogP) is 2.45. The molecule has 3 amide bonds. The average molecular weight is 309 g/mol. The molecule has 0 saturated carbocycles. The summed E-state index contributed by atoms with van der Waals surface area (Å²) < 4.78 is 0. The Balaban J connectivity index is 1.79. The number of rotatable bonds is 3. The molecule has 118 valence electrons. The zero-order valence-corrected chi connectivity index (χ0v) is 13.0. The van der Waals surface area contributed by atoms with E-state index in [-0.39, 0.29) is 11.9 Å². The number of hydrogen-bond donors (Lipinski definition) is 2. The number of anilines is 1. The summed E-state index contributed by atoms with van der Waals surface area (Å²) in [6, 6.07) is 14.8. The summed E-state index contributed by atoms with van der Waals surface area (Å²) in [4.78, 5) is 25.4. The Morgan fingerprint density at radius 2 is 1.87 bits per heavy atom. The van der Waals surface area contributed by atoms with Crippen molar-refractivity contribution in [2.75, 3.05) is 4.90 Å². The lowest BCUT2D eigenvalue weighted by atomic mass is 10.1. The van der Waals surface area contributed by atoms with Gasteiger partial charge in [0.2, 0.25) is 0 Å². The number of nitrogens with zero attached hydrogens (tertiary/aromatic N) is 1. The molecule has 1 aliphatic rings. The highest BCUT2D eigenvalue weighted by molar-refractivity contribution is 6.07. The minimum atomic E-state index is -0.562. The number of para-hydroxylation sites is 1. The van der Waals surface area contributed by atoms with Crippen molar-refractivity contribution in [3.8, 4) is 0 Å². The van der Waals surface area contributed by atoms with Crippen LogP contribution in [0.2, 0.25) is 0 Å². The van der Waals surface area contributed by atoms with Crippen LogP contribution >= 0.6 is 0 Å². The van der Waals surface area contributed by atoms with Gasteiger partial charge in [-0.1, -0.05) is 30.3 Å². The molecule has 1 atom stereocenters. The Hall–Kier alpha value is -2.82. The van der Waals surface area contributed by atoms with Crippen molar-refractivity contribution in [3.63, 3.8) is 0 Å². The number of amides is 3. The number of hydrogen-bond acceptors (Lipinski definition) is 2. The normalized spacial score (nSPS) is 16.0. The topological polar surface area (TPSA) is 75.4 Å². The van der Waals surface area contributed by atoms with Crippen LogP contribution in [0.25, 0.3) is 0 Å². The third-order valence-corrected chi connectivity index (χ3v) is 4.09. The molecule has 3 N–H and O–H groups in total. The quantitative estimate of drug-likeness (QED) is 0.913. The predicted molar refractivity (Wildman–Crippen MR) is 89.3 cm³/mol. The summed E-state index contributed by atoms with van der Waals surface area (Å²) in [5.41, 5.74) is 8.78. The van der Waals surface area contributed by atoms with Gasteiger partial charge in [0, 0.05) is 23.8 Å². The molecule has 0 bridgehead atoms. The largest absolute Gasteiger partial charge is 0.352 e. The number of benzene rings is 2. The van der Waals surface area contributed by atoms with E-state index in [2.05, 4.69) is 18.3 Å². The number of urea groups is 1. The number of nitrogens with two attached hydrogens (primary N) is 1. The van der Waals surface area contributed by atoms with Crippen LogP contribution in [0.3, 0.4) is 0 Å². The Morgan fingerprint density at radius 3 is 2.57 bits per heavy atom. The van der Waals surface area contributed by atoms with E-state index in [0.717, 1.165) is 17.7 Å². The maximum Gasteiger partial charge on any atom is 0.312 e. The molecule has 5 heteroatoms. The van der Waals surface area contributed by atoms with Crippen molar-refractivity contribution in [1.82, 2.24) is 5.32 Å². The minimum absolute atomic E-state index is 0.00291. The SMILES string of the molecule is C[C@@H]1Cc2ccccc2N1C(=O)c1ccc(CNC(N)=O)cc1. The third-order valence-electron chi connectivity index (χ3n) is 4.09. The summed E-state index contributed by atoms with van der Waals surface area (Å²) in [6.45, 7) is 2.41. The maximum absolute atomic E-state index is 12.8.